The lowest BCUT2D eigenvalue weighted by molar-refractivity contribution is -0.138. The number of H-pyrrole nitrogens is 1. The van der Waals surface area contributed by atoms with E-state index in [0.717, 1.165) is 37.9 Å². The van der Waals surface area contributed by atoms with Crippen LogP contribution < -0.4 is 15.0 Å². The summed E-state index contributed by atoms with van der Waals surface area (Å²) >= 11 is 0. The summed E-state index contributed by atoms with van der Waals surface area (Å²) < 4.78 is 51.5. The summed E-state index contributed by atoms with van der Waals surface area (Å²) in [4.78, 5) is 17.1. The zero-order valence-electron chi connectivity index (χ0n) is 16.2. The Bertz CT molecular complexity index is 1070. The first-order valence-corrected chi connectivity index (χ1v) is 9.41. The molecule has 0 atom stereocenters. The van der Waals surface area contributed by atoms with Crippen molar-refractivity contribution < 1.29 is 27.4 Å². The highest BCUT2D eigenvalue weighted by Crippen LogP contribution is 2.41. The van der Waals surface area contributed by atoms with Crippen molar-refractivity contribution in [2.75, 3.05) is 38.2 Å². The first kappa shape index (κ1) is 20.1. The number of aromatic amines is 1. The lowest BCUT2D eigenvalue weighted by Crippen LogP contribution is -2.43. The number of rotatable bonds is 4. The molecule has 1 aliphatic heterocycles. The molecule has 0 amide bonds. The molecule has 0 aliphatic carbocycles. The first-order valence-electron chi connectivity index (χ1n) is 9.41. The van der Waals surface area contributed by atoms with E-state index in [4.69, 9.17) is 9.47 Å². The number of aromatic nitrogens is 1. The quantitative estimate of drug-likeness (QED) is 0.622. The molecule has 9 heteroatoms. The second-order valence-electron chi connectivity index (χ2n) is 6.92. The van der Waals surface area contributed by atoms with Gasteiger partial charge in [0.15, 0.2) is 0 Å². The molecule has 30 heavy (non-hydrogen) atoms. The van der Waals surface area contributed by atoms with E-state index < -0.39 is 17.7 Å². The number of halogens is 3. The molecule has 6 nitrogen and oxygen atoms in total. The third-order valence-corrected chi connectivity index (χ3v) is 5.03. The largest absolute Gasteiger partial charge is 0.465 e. The Labute approximate surface area is 170 Å². The normalized spacial score (nSPS) is 14.7. The number of methoxy groups -OCH3 is 1. The van der Waals surface area contributed by atoms with E-state index in [9.17, 15) is 18.0 Å². The van der Waals surface area contributed by atoms with E-state index in [2.05, 4.69) is 15.2 Å². The van der Waals surface area contributed by atoms with Crippen molar-refractivity contribution in [3.63, 3.8) is 0 Å². The summed E-state index contributed by atoms with van der Waals surface area (Å²) in [7, 11) is 1.21. The van der Waals surface area contributed by atoms with Crippen LogP contribution in [0.1, 0.15) is 15.9 Å². The summed E-state index contributed by atoms with van der Waals surface area (Å²) in [6, 6.07) is 8.81. The molecule has 1 aromatic heterocycles. The minimum Gasteiger partial charge on any atom is -0.465 e. The number of fused-ring (bicyclic) bond motifs is 1. The summed E-state index contributed by atoms with van der Waals surface area (Å²) in [6.45, 7) is 3.05. The molecule has 3 aromatic rings. The van der Waals surface area contributed by atoms with Crippen LogP contribution in [0.3, 0.4) is 0 Å². The standard InChI is InChI=1S/C21H20F3N3O3/c1-29-20(28)15-3-2-14(27-8-6-25-7-9-27)11-18(15)30-19-10-13-4-5-26-17(13)12-16(19)21(22,23)24/h2-5,10-12,25-26H,6-9H2,1H3. The van der Waals surface area contributed by atoms with E-state index in [1.54, 1.807) is 24.4 Å². The van der Waals surface area contributed by atoms with Gasteiger partial charge in [-0.3, -0.25) is 0 Å². The maximum absolute atomic E-state index is 13.7. The lowest BCUT2D eigenvalue weighted by atomic mass is 10.1. The molecule has 1 fully saturated rings. The van der Waals surface area contributed by atoms with Crippen molar-refractivity contribution in [1.82, 2.24) is 10.3 Å². The number of ether oxygens (including phenoxy) is 2. The van der Waals surface area contributed by atoms with Crippen molar-refractivity contribution in [2.24, 2.45) is 0 Å². The molecule has 0 saturated carbocycles. The molecule has 2 N–H and O–H groups in total. The van der Waals surface area contributed by atoms with Crippen molar-refractivity contribution in [3.05, 3.63) is 53.7 Å². The predicted molar refractivity (Wildman–Crippen MR) is 106 cm³/mol. The molecule has 158 valence electrons. The maximum atomic E-state index is 13.7. The Hall–Kier alpha value is -3.20. The minimum atomic E-state index is -4.63. The topological polar surface area (TPSA) is 66.6 Å². The highest BCUT2D eigenvalue weighted by molar-refractivity contribution is 5.93. The van der Waals surface area contributed by atoms with Gasteiger partial charge in [-0.1, -0.05) is 0 Å². The molecular formula is C21H20F3N3O3. The van der Waals surface area contributed by atoms with E-state index in [-0.39, 0.29) is 17.1 Å². The van der Waals surface area contributed by atoms with Crippen LogP contribution in [0.5, 0.6) is 11.5 Å². The van der Waals surface area contributed by atoms with E-state index in [1.165, 1.54) is 19.2 Å². The Morgan fingerprint density at radius 3 is 2.53 bits per heavy atom. The Morgan fingerprint density at radius 1 is 1.07 bits per heavy atom. The van der Waals surface area contributed by atoms with Gasteiger partial charge in [0, 0.05) is 55.0 Å². The van der Waals surface area contributed by atoms with Crippen LogP contribution in [0.4, 0.5) is 18.9 Å². The number of piperazine rings is 1. The van der Waals surface area contributed by atoms with E-state index >= 15 is 0 Å². The van der Waals surface area contributed by atoms with E-state index in [0.29, 0.717) is 10.9 Å². The minimum absolute atomic E-state index is 0.0123. The van der Waals surface area contributed by atoms with Gasteiger partial charge in [-0.05, 0) is 30.3 Å². The van der Waals surface area contributed by atoms with Gasteiger partial charge in [0.1, 0.15) is 22.6 Å². The average molecular weight is 419 g/mol. The van der Waals surface area contributed by atoms with Gasteiger partial charge in [0.05, 0.1) is 7.11 Å². The molecule has 0 radical (unpaired) electrons. The van der Waals surface area contributed by atoms with Crippen molar-refractivity contribution in [2.45, 2.75) is 6.18 Å². The maximum Gasteiger partial charge on any atom is 0.420 e. The Morgan fingerprint density at radius 2 is 1.83 bits per heavy atom. The van der Waals surface area contributed by atoms with Crippen molar-refractivity contribution in [3.8, 4) is 11.5 Å². The number of benzene rings is 2. The number of hydrogen-bond acceptors (Lipinski definition) is 5. The van der Waals surface area contributed by atoms with Gasteiger partial charge < -0.3 is 24.7 Å². The number of nitrogens with zero attached hydrogens (tertiary/aromatic N) is 1. The van der Waals surface area contributed by atoms with Crippen LogP contribution in [-0.2, 0) is 10.9 Å². The van der Waals surface area contributed by atoms with Gasteiger partial charge in [-0.25, -0.2) is 4.79 Å². The van der Waals surface area contributed by atoms with Crippen LogP contribution in [-0.4, -0.2) is 44.2 Å². The number of anilines is 1. The highest BCUT2D eigenvalue weighted by atomic mass is 19.4. The van der Waals surface area contributed by atoms with Gasteiger partial charge in [0.2, 0.25) is 0 Å². The summed E-state index contributed by atoms with van der Waals surface area (Å²) in [5.74, 6) is -1.05. The fourth-order valence-corrected chi connectivity index (χ4v) is 3.50. The number of hydrogen-bond donors (Lipinski definition) is 2. The zero-order valence-corrected chi connectivity index (χ0v) is 16.2. The highest BCUT2D eigenvalue weighted by Gasteiger charge is 2.35. The molecular weight excluding hydrogens is 399 g/mol. The second-order valence-corrected chi connectivity index (χ2v) is 6.92. The van der Waals surface area contributed by atoms with Crippen LogP contribution in [0.25, 0.3) is 10.9 Å². The molecule has 1 saturated heterocycles. The molecule has 1 aliphatic rings. The van der Waals surface area contributed by atoms with Gasteiger partial charge >= 0.3 is 12.1 Å². The van der Waals surface area contributed by atoms with Crippen LogP contribution in [0, 0.1) is 0 Å². The molecule has 4 rings (SSSR count). The summed E-state index contributed by atoms with van der Waals surface area (Å²) in [5.41, 5.74) is 0.229. The smallest absolute Gasteiger partial charge is 0.420 e. The molecule has 2 aromatic carbocycles. The summed E-state index contributed by atoms with van der Waals surface area (Å²) in [5, 5.41) is 3.81. The first-order chi connectivity index (χ1) is 14.4. The molecule has 0 spiro atoms. The lowest BCUT2D eigenvalue weighted by Gasteiger charge is -2.30. The molecule has 0 bridgehead atoms. The number of carbonyl (C=O) groups is 1. The Kier molecular flexibility index (Phi) is 5.29. The predicted octanol–water partition coefficient (Wildman–Crippen LogP) is 4.18. The van der Waals surface area contributed by atoms with Gasteiger partial charge in [-0.15, -0.1) is 0 Å². The third-order valence-electron chi connectivity index (χ3n) is 5.03. The summed E-state index contributed by atoms with van der Waals surface area (Å²) in [6.07, 6.45) is -3.07. The second kappa shape index (κ2) is 7.91. The van der Waals surface area contributed by atoms with Gasteiger partial charge in [-0.2, -0.15) is 13.2 Å². The molecule has 2 heterocycles. The number of nitrogens with one attached hydrogen (secondary N) is 2. The van der Waals surface area contributed by atoms with Crippen LogP contribution >= 0.6 is 0 Å². The fourth-order valence-electron chi connectivity index (χ4n) is 3.50. The van der Waals surface area contributed by atoms with Gasteiger partial charge in [0.25, 0.3) is 0 Å². The van der Waals surface area contributed by atoms with Crippen molar-refractivity contribution in [1.29, 1.82) is 0 Å². The van der Waals surface area contributed by atoms with Crippen LogP contribution in [0.15, 0.2) is 42.6 Å². The van der Waals surface area contributed by atoms with Crippen LogP contribution in [0.2, 0.25) is 0 Å². The van der Waals surface area contributed by atoms with Crippen molar-refractivity contribution >= 4 is 22.6 Å². The number of carbonyl (C=O) groups excluding carboxylic acids is 1. The molecule has 0 unspecified atom stereocenters. The SMILES string of the molecule is COC(=O)c1ccc(N2CCNCC2)cc1Oc1cc2cc[nH]c2cc1C(F)(F)F. The Balaban J connectivity index is 1.80. The zero-order chi connectivity index (χ0) is 21.3. The average Bonchev–Trinajstić information content (AvgIpc) is 3.20. The fraction of sp³-hybridized carbons (Fsp3) is 0.286. The third kappa shape index (κ3) is 3.93. The monoisotopic (exact) mass is 419 g/mol. The number of alkyl halides is 3. The van der Waals surface area contributed by atoms with E-state index in [1.807, 2.05) is 0 Å². The number of esters is 1.